The van der Waals surface area contributed by atoms with E-state index in [1.165, 1.54) is 5.56 Å². The molecule has 1 atom stereocenters. The van der Waals surface area contributed by atoms with Crippen molar-refractivity contribution in [2.75, 3.05) is 13.2 Å². The Morgan fingerprint density at radius 1 is 1.27 bits per heavy atom. The molecule has 2 N–H and O–H groups in total. The van der Waals surface area contributed by atoms with Crippen molar-refractivity contribution in [2.45, 2.75) is 45.4 Å². The predicted octanol–water partition coefficient (Wildman–Crippen LogP) is 4.12. The lowest BCUT2D eigenvalue weighted by atomic mass is 9.93. The second-order valence-electron chi connectivity index (χ2n) is 6.50. The first-order valence-electron chi connectivity index (χ1n) is 7.82. The number of benzene rings is 1. The van der Waals surface area contributed by atoms with E-state index in [-0.39, 0.29) is 11.3 Å². The molecule has 0 radical (unpaired) electrons. The fourth-order valence-corrected chi connectivity index (χ4v) is 3.49. The van der Waals surface area contributed by atoms with E-state index in [0.717, 1.165) is 22.9 Å². The molecular formula is C18H26N2OS. The summed E-state index contributed by atoms with van der Waals surface area (Å²) in [6, 6.07) is 8.20. The predicted molar refractivity (Wildman–Crippen MR) is 93.9 cm³/mol. The summed E-state index contributed by atoms with van der Waals surface area (Å²) >= 11 is 1.72. The first-order chi connectivity index (χ1) is 10.5. The Bertz CT molecular complexity index is 601. The van der Waals surface area contributed by atoms with Gasteiger partial charge >= 0.3 is 0 Å². The Labute approximate surface area is 137 Å². The molecular weight excluding hydrogens is 292 g/mol. The Kier molecular flexibility index (Phi) is 5.59. The van der Waals surface area contributed by atoms with Crippen molar-refractivity contribution in [2.24, 2.45) is 5.73 Å². The van der Waals surface area contributed by atoms with Crippen LogP contribution in [0.15, 0.2) is 29.6 Å². The van der Waals surface area contributed by atoms with Crippen molar-refractivity contribution >= 4 is 11.3 Å². The normalized spacial score (nSPS) is 13.1. The Hall–Kier alpha value is -1.39. The Morgan fingerprint density at radius 3 is 2.59 bits per heavy atom. The first kappa shape index (κ1) is 17.0. The molecule has 1 aromatic carbocycles. The number of rotatable bonds is 6. The van der Waals surface area contributed by atoms with Gasteiger partial charge in [-0.1, -0.05) is 39.0 Å². The van der Waals surface area contributed by atoms with Gasteiger partial charge in [0.1, 0.15) is 5.75 Å². The van der Waals surface area contributed by atoms with Crippen LogP contribution >= 0.6 is 11.3 Å². The highest BCUT2D eigenvalue weighted by molar-refractivity contribution is 7.09. The van der Waals surface area contributed by atoms with E-state index in [1.54, 1.807) is 11.3 Å². The summed E-state index contributed by atoms with van der Waals surface area (Å²) in [6.07, 6.45) is 0.865. The minimum absolute atomic E-state index is 0.0805. The highest BCUT2D eigenvalue weighted by Gasteiger charge is 2.21. The molecule has 4 heteroatoms. The minimum atomic E-state index is 0.0805. The van der Waals surface area contributed by atoms with Gasteiger partial charge in [0.15, 0.2) is 0 Å². The van der Waals surface area contributed by atoms with Gasteiger partial charge in [-0.05, 0) is 25.0 Å². The van der Waals surface area contributed by atoms with Crippen molar-refractivity contribution in [3.63, 3.8) is 0 Å². The molecule has 0 amide bonds. The third-order valence-electron chi connectivity index (χ3n) is 3.66. The zero-order chi connectivity index (χ0) is 16.2. The van der Waals surface area contributed by atoms with E-state index < -0.39 is 0 Å². The van der Waals surface area contributed by atoms with Gasteiger partial charge in [0.05, 0.1) is 17.3 Å². The lowest BCUT2D eigenvalue weighted by Gasteiger charge is -2.17. The number of thiazole rings is 1. The van der Waals surface area contributed by atoms with Crippen LogP contribution < -0.4 is 10.5 Å². The Morgan fingerprint density at radius 2 is 2.00 bits per heavy atom. The van der Waals surface area contributed by atoms with Gasteiger partial charge in [0.25, 0.3) is 0 Å². The van der Waals surface area contributed by atoms with Crippen LogP contribution in [0.4, 0.5) is 0 Å². The molecule has 0 spiro atoms. The summed E-state index contributed by atoms with van der Waals surface area (Å²) in [7, 11) is 0. The number of nitrogens with zero attached hydrogens (tertiary/aromatic N) is 1. The maximum Gasteiger partial charge on any atom is 0.122 e. The molecule has 2 aromatic rings. The number of aromatic nitrogens is 1. The number of para-hydroxylation sites is 1. The monoisotopic (exact) mass is 318 g/mol. The summed E-state index contributed by atoms with van der Waals surface area (Å²) in [5.41, 5.74) is 8.45. The molecule has 1 heterocycles. The summed E-state index contributed by atoms with van der Waals surface area (Å²) in [4.78, 5) is 4.82. The smallest absolute Gasteiger partial charge is 0.122 e. The van der Waals surface area contributed by atoms with E-state index in [1.807, 2.05) is 25.1 Å². The van der Waals surface area contributed by atoms with Crippen molar-refractivity contribution < 1.29 is 4.74 Å². The van der Waals surface area contributed by atoms with E-state index in [2.05, 4.69) is 32.2 Å². The van der Waals surface area contributed by atoms with Crippen molar-refractivity contribution in [1.29, 1.82) is 0 Å². The van der Waals surface area contributed by atoms with E-state index in [0.29, 0.717) is 13.2 Å². The molecule has 0 saturated heterocycles. The van der Waals surface area contributed by atoms with Gasteiger partial charge in [0, 0.05) is 23.3 Å². The molecule has 0 aliphatic carbocycles. The van der Waals surface area contributed by atoms with Gasteiger partial charge in [-0.2, -0.15) is 0 Å². The second-order valence-corrected chi connectivity index (χ2v) is 7.39. The number of nitrogens with two attached hydrogens (primary N) is 1. The first-order valence-corrected chi connectivity index (χ1v) is 8.70. The molecule has 120 valence electrons. The van der Waals surface area contributed by atoms with Gasteiger partial charge in [-0.3, -0.25) is 0 Å². The molecule has 0 saturated carbocycles. The number of hydrogen-bond donors (Lipinski definition) is 1. The number of hydrogen-bond acceptors (Lipinski definition) is 4. The summed E-state index contributed by atoms with van der Waals surface area (Å²) in [5, 5.41) is 3.28. The molecule has 0 aliphatic heterocycles. The maximum atomic E-state index is 6.02. The highest BCUT2D eigenvalue weighted by atomic mass is 32.1. The average molecular weight is 318 g/mol. The van der Waals surface area contributed by atoms with E-state index in [4.69, 9.17) is 15.5 Å². The summed E-state index contributed by atoms with van der Waals surface area (Å²) in [5.74, 6) is 1.19. The van der Waals surface area contributed by atoms with Crippen LogP contribution in [0.25, 0.3) is 0 Å². The average Bonchev–Trinajstić information content (AvgIpc) is 2.96. The van der Waals surface area contributed by atoms with Crippen LogP contribution in [-0.4, -0.2) is 18.1 Å². The van der Waals surface area contributed by atoms with Crippen LogP contribution in [0.1, 0.15) is 49.9 Å². The van der Waals surface area contributed by atoms with Crippen LogP contribution in [0.5, 0.6) is 5.75 Å². The Balaban J connectivity index is 2.21. The topological polar surface area (TPSA) is 48.1 Å². The largest absolute Gasteiger partial charge is 0.494 e. The lowest BCUT2D eigenvalue weighted by molar-refractivity contribution is 0.335. The quantitative estimate of drug-likeness (QED) is 0.871. The second kappa shape index (κ2) is 7.25. The molecule has 0 bridgehead atoms. The fourth-order valence-electron chi connectivity index (χ4n) is 2.33. The van der Waals surface area contributed by atoms with Gasteiger partial charge in [-0.15, -0.1) is 11.3 Å². The third-order valence-corrected chi connectivity index (χ3v) is 4.67. The number of ether oxygens (including phenoxy) is 1. The highest BCUT2D eigenvalue weighted by Crippen LogP contribution is 2.31. The lowest BCUT2D eigenvalue weighted by Crippen LogP contribution is -2.17. The standard InChI is InChI=1S/C18H26N2OS/c1-5-21-15-9-7-6-8-13(15)10-14(11-19)17-20-16(12-22-17)18(2,3)4/h6-9,12,14H,5,10-11,19H2,1-4H3. The fraction of sp³-hybridized carbons (Fsp3) is 0.500. The molecule has 0 aliphatic rings. The van der Waals surface area contributed by atoms with E-state index >= 15 is 0 Å². The van der Waals surface area contributed by atoms with Gasteiger partial charge in [-0.25, -0.2) is 4.98 Å². The zero-order valence-electron chi connectivity index (χ0n) is 13.9. The van der Waals surface area contributed by atoms with Crippen LogP contribution in [0.2, 0.25) is 0 Å². The van der Waals surface area contributed by atoms with Crippen LogP contribution in [0.3, 0.4) is 0 Å². The molecule has 1 aromatic heterocycles. The van der Waals surface area contributed by atoms with Crippen molar-refractivity contribution in [3.05, 3.63) is 45.9 Å². The minimum Gasteiger partial charge on any atom is -0.494 e. The third kappa shape index (κ3) is 4.08. The zero-order valence-corrected chi connectivity index (χ0v) is 14.7. The molecule has 3 nitrogen and oxygen atoms in total. The molecule has 1 unspecified atom stereocenters. The molecule has 0 fully saturated rings. The van der Waals surface area contributed by atoms with Crippen LogP contribution in [0, 0.1) is 0 Å². The summed E-state index contributed by atoms with van der Waals surface area (Å²) < 4.78 is 5.72. The van der Waals surface area contributed by atoms with Gasteiger partial charge < -0.3 is 10.5 Å². The van der Waals surface area contributed by atoms with Crippen molar-refractivity contribution in [1.82, 2.24) is 4.98 Å². The summed E-state index contributed by atoms with van der Waals surface area (Å²) in [6.45, 7) is 9.84. The molecule has 2 rings (SSSR count). The van der Waals surface area contributed by atoms with Crippen molar-refractivity contribution in [3.8, 4) is 5.75 Å². The van der Waals surface area contributed by atoms with Gasteiger partial charge in [0.2, 0.25) is 0 Å². The molecule has 22 heavy (non-hydrogen) atoms. The van der Waals surface area contributed by atoms with Crippen LogP contribution in [-0.2, 0) is 11.8 Å². The van der Waals surface area contributed by atoms with E-state index in [9.17, 15) is 0 Å². The maximum absolute atomic E-state index is 6.02. The SMILES string of the molecule is CCOc1ccccc1CC(CN)c1nc(C(C)(C)C)cs1.